The second-order valence-electron chi connectivity index (χ2n) is 3.16. The second-order valence-corrected chi connectivity index (χ2v) is 3.16. The van der Waals surface area contributed by atoms with Crippen molar-refractivity contribution in [1.29, 1.82) is 0 Å². The number of nitro benzene ring substituents is 1. The Morgan fingerprint density at radius 1 is 1.53 bits per heavy atom. The summed E-state index contributed by atoms with van der Waals surface area (Å²) in [6.45, 7) is 3.38. The third-order valence-corrected chi connectivity index (χ3v) is 2.01. The molecule has 1 aromatic rings. The van der Waals surface area contributed by atoms with E-state index in [1.54, 1.807) is 26.0 Å². The van der Waals surface area contributed by atoms with E-state index in [1.807, 2.05) is 0 Å². The lowest BCUT2D eigenvalue weighted by Crippen LogP contribution is -2.09. The molecule has 15 heavy (non-hydrogen) atoms. The van der Waals surface area contributed by atoms with E-state index in [2.05, 4.69) is 5.32 Å². The molecule has 0 radical (unpaired) electrons. The molecule has 0 spiro atoms. The summed E-state index contributed by atoms with van der Waals surface area (Å²) in [5.41, 5.74) is 1.05. The number of carbonyl (C=O) groups is 1. The Labute approximate surface area is 87.3 Å². The van der Waals surface area contributed by atoms with Crippen LogP contribution in [0.4, 0.5) is 11.4 Å². The highest BCUT2D eigenvalue weighted by molar-refractivity contribution is 5.90. The zero-order valence-corrected chi connectivity index (χ0v) is 8.61. The first-order valence-corrected chi connectivity index (χ1v) is 4.59. The Kier molecular flexibility index (Phi) is 3.38. The number of nitrogens with zero attached hydrogens (tertiary/aromatic N) is 1. The van der Waals surface area contributed by atoms with Gasteiger partial charge in [-0.3, -0.25) is 14.9 Å². The highest BCUT2D eigenvalue weighted by atomic mass is 16.6. The van der Waals surface area contributed by atoms with Crippen molar-refractivity contribution >= 4 is 17.3 Å². The van der Waals surface area contributed by atoms with Gasteiger partial charge in [0.2, 0.25) is 5.91 Å². The molecule has 5 nitrogen and oxygen atoms in total. The Hall–Kier alpha value is -1.91. The lowest BCUT2D eigenvalue weighted by Gasteiger charge is -2.04. The quantitative estimate of drug-likeness (QED) is 0.611. The van der Waals surface area contributed by atoms with E-state index in [0.29, 0.717) is 17.7 Å². The Balaban J connectivity index is 2.97. The van der Waals surface area contributed by atoms with Crippen molar-refractivity contribution in [1.82, 2.24) is 0 Å². The summed E-state index contributed by atoms with van der Waals surface area (Å²) >= 11 is 0. The third-order valence-electron chi connectivity index (χ3n) is 2.01. The van der Waals surface area contributed by atoms with Gasteiger partial charge in [-0.05, 0) is 13.0 Å². The Morgan fingerprint density at radius 3 is 2.73 bits per heavy atom. The maximum absolute atomic E-state index is 11.1. The summed E-state index contributed by atoms with van der Waals surface area (Å²) < 4.78 is 0. The summed E-state index contributed by atoms with van der Waals surface area (Å²) in [6, 6.07) is 4.63. The highest BCUT2D eigenvalue weighted by Crippen LogP contribution is 2.22. The number of aryl methyl sites for hydroxylation is 1. The normalized spacial score (nSPS) is 9.73. The molecule has 1 aromatic carbocycles. The third kappa shape index (κ3) is 2.77. The van der Waals surface area contributed by atoms with Crippen LogP contribution in [0.1, 0.15) is 18.9 Å². The van der Waals surface area contributed by atoms with Gasteiger partial charge >= 0.3 is 0 Å². The Bertz CT molecular complexity index is 402. The first-order valence-electron chi connectivity index (χ1n) is 4.59. The monoisotopic (exact) mass is 208 g/mol. The maximum atomic E-state index is 11.1. The van der Waals surface area contributed by atoms with Gasteiger partial charge in [-0.1, -0.05) is 13.0 Å². The van der Waals surface area contributed by atoms with E-state index < -0.39 is 4.92 Å². The van der Waals surface area contributed by atoms with Crippen LogP contribution in [-0.4, -0.2) is 10.8 Å². The maximum Gasteiger partial charge on any atom is 0.274 e. The van der Waals surface area contributed by atoms with Crippen molar-refractivity contribution in [2.45, 2.75) is 20.3 Å². The van der Waals surface area contributed by atoms with E-state index in [-0.39, 0.29) is 11.6 Å². The molecule has 0 heterocycles. The van der Waals surface area contributed by atoms with Crippen molar-refractivity contribution in [3.63, 3.8) is 0 Å². The fraction of sp³-hybridized carbons (Fsp3) is 0.300. The Morgan fingerprint density at radius 2 is 2.20 bits per heavy atom. The van der Waals surface area contributed by atoms with E-state index in [4.69, 9.17) is 0 Å². The molecule has 0 atom stereocenters. The van der Waals surface area contributed by atoms with Gasteiger partial charge in [0.25, 0.3) is 5.69 Å². The number of hydrogen-bond acceptors (Lipinski definition) is 3. The summed E-state index contributed by atoms with van der Waals surface area (Å²) in [4.78, 5) is 21.2. The average Bonchev–Trinajstić information content (AvgIpc) is 2.20. The zero-order valence-electron chi connectivity index (χ0n) is 8.61. The molecule has 0 saturated heterocycles. The average molecular weight is 208 g/mol. The predicted octanol–water partition coefficient (Wildman–Crippen LogP) is 2.25. The molecule has 0 aromatic heterocycles. The van der Waals surface area contributed by atoms with Crippen molar-refractivity contribution < 1.29 is 9.72 Å². The van der Waals surface area contributed by atoms with Gasteiger partial charge in [0, 0.05) is 23.7 Å². The number of nitro groups is 1. The molecule has 0 fully saturated rings. The minimum absolute atomic E-state index is 0.0175. The molecular weight excluding hydrogens is 196 g/mol. The second kappa shape index (κ2) is 4.54. The molecule has 0 aliphatic heterocycles. The fourth-order valence-electron chi connectivity index (χ4n) is 1.13. The predicted molar refractivity (Wildman–Crippen MR) is 56.8 cm³/mol. The fourth-order valence-corrected chi connectivity index (χ4v) is 1.13. The lowest BCUT2D eigenvalue weighted by atomic mass is 10.2. The van der Waals surface area contributed by atoms with Crippen LogP contribution in [-0.2, 0) is 4.79 Å². The molecule has 0 aliphatic rings. The number of anilines is 1. The van der Waals surface area contributed by atoms with Crippen LogP contribution in [0, 0.1) is 17.0 Å². The summed E-state index contributed by atoms with van der Waals surface area (Å²) in [5, 5.41) is 13.2. The largest absolute Gasteiger partial charge is 0.326 e. The van der Waals surface area contributed by atoms with Crippen LogP contribution >= 0.6 is 0 Å². The van der Waals surface area contributed by atoms with Crippen molar-refractivity contribution in [3.05, 3.63) is 33.9 Å². The first kappa shape index (κ1) is 11.2. The van der Waals surface area contributed by atoms with Crippen LogP contribution in [0.5, 0.6) is 0 Å². The van der Waals surface area contributed by atoms with Gasteiger partial charge in [-0.15, -0.1) is 0 Å². The van der Waals surface area contributed by atoms with E-state index >= 15 is 0 Å². The van der Waals surface area contributed by atoms with E-state index in [0.717, 1.165) is 0 Å². The number of nitrogens with one attached hydrogen (secondary N) is 1. The number of carbonyl (C=O) groups excluding carboxylic acids is 1. The molecule has 1 rings (SSSR count). The molecule has 0 aliphatic carbocycles. The molecule has 0 saturated carbocycles. The minimum Gasteiger partial charge on any atom is -0.326 e. The molecule has 0 bridgehead atoms. The van der Waals surface area contributed by atoms with Crippen LogP contribution in [0.15, 0.2) is 18.2 Å². The van der Waals surface area contributed by atoms with Gasteiger partial charge in [-0.25, -0.2) is 0 Å². The number of benzene rings is 1. The van der Waals surface area contributed by atoms with Crippen LogP contribution in [0.3, 0.4) is 0 Å². The van der Waals surface area contributed by atoms with Crippen molar-refractivity contribution in [2.75, 3.05) is 5.32 Å². The first-order chi connectivity index (χ1) is 7.04. The summed E-state index contributed by atoms with van der Waals surface area (Å²) in [7, 11) is 0. The topological polar surface area (TPSA) is 72.2 Å². The smallest absolute Gasteiger partial charge is 0.274 e. The van der Waals surface area contributed by atoms with Gasteiger partial charge in [-0.2, -0.15) is 0 Å². The summed E-state index contributed by atoms with van der Waals surface area (Å²) in [5.74, 6) is -0.159. The molecule has 1 N–H and O–H groups in total. The molecule has 5 heteroatoms. The standard InChI is InChI=1S/C10H12N2O3/c1-3-10(13)11-8-5-4-7(2)9(6-8)12(14)15/h4-6H,3H2,1-2H3,(H,11,13). The zero-order chi connectivity index (χ0) is 11.4. The molecule has 80 valence electrons. The number of amides is 1. The van der Waals surface area contributed by atoms with Gasteiger partial charge in [0.1, 0.15) is 0 Å². The van der Waals surface area contributed by atoms with Gasteiger partial charge in [0.15, 0.2) is 0 Å². The lowest BCUT2D eigenvalue weighted by molar-refractivity contribution is -0.385. The van der Waals surface area contributed by atoms with Gasteiger partial charge in [0.05, 0.1) is 4.92 Å². The SMILES string of the molecule is CCC(=O)Nc1ccc(C)c([N+](=O)[O-])c1. The minimum atomic E-state index is -0.461. The van der Waals surface area contributed by atoms with Gasteiger partial charge < -0.3 is 5.32 Å². The van der Waals surface area contributed by atoms with Crippen LogP contribution < -0.4 is 5.32 Å². The van der Waals surface area contributed by atoms with Crippen molar-refractivity contribution in [3.8, 4) is 0 Å². The summed E-state index contributed by atoms with van der Waals surface area (Å²) in [6.07, 6.45) is 0.349. The van der Waals surface area contributed by atoms with Crippen LogP contribution in [0.25, 0.3) is 0 Å². The number of rotatable bonds is 3. The van der Waals surface area contributed by atoms with E-state index in [1.165, 1.54) is 6.07 Å². The molecule has 0 unspecified atom stereocenters. The van der Waals surface area contributed by atoms with E-state index in [9.17, 15) is 14.9 Å². The number of hydrogen-bond donors (Lipinski definition) is 1. The van der Waals surface area contributed by atoms with Crippen LogP contribution in [0.2, 0.25) is 0 Å². The molecular formula is C10H12N2O3. The highest BCUT2D eigenvalue weighted by Gasteiger charge is 2.11. The molecule has 1 amide bonds. The van der Waals surface area contributed by atoms with Crippen molar-refractivity contribution in [2.24, 2.45) is 0 Å².